The van der Waals surface area contributed by atoms with E-state index < -0.39 is 0 Å². The molecule has 0 spiro atoms. The van der Waals surface area contributed by atoms with E-state index in [1.807, 2.05) is 13.1 Å². The fourth-order valence-electron chi connectivity index (χ4n) is 4.15. The second-order valence-corrected chi connectivity index (χ2v) is 10.5. The number of carbonyl (C=O) groups is 2. The van der Waals surface area contributed by atoms with E-state index >= 15 is 0 Å². The fraction of sp³-hybridized carbons (Fsp3) is 0.364. The van der Waals surface area contributed by atoms with Crippen molar-refractivity contribution in [1.82, 2.24) is 24.4 Å². The van der Waals surface area contributed by atoms with Crippen molar-refractivity contribution in [2.45, 2.75) is 24.8 Å². The molecular weight excluding hydrogens is 479 g/mol. The molecule has 9 nitrogen and oxygen atoms in total. The molecule has 2 atom stereocenters. The predicted molar refractivity (Wildman–Crippen MR) is 127 cm³/mol. The smallest absolute Gasteiger partial charge is 0.284 e. The van der Waals surface area contributed by atoms with Gasteiger partial charge < -0.3 is 19.5 Å². The van der Waals surface area contributed by atoms with Gasteiger partial charge in [0.15, 0.2) is 11.4 Å². The number of carbonyl (C=O) groups excluding carboxylic acids is 2. The topological polar surface area (TPSA) is 101 Å². The highest BCUT2D eigenvalue weighted by molar-refractivity contribution is 7.97. The maximum atomic E-state index is 13.6. The van der Waals surface area contributed by atoms with Crippen molar-refractivity contribution < 1.29 is 18.7 Å². The van der Waals surface area contributed by atoms with Crippen LogP contribution in [0.5, 0.6) is 5.75 Å². The molecule has 2 aromatic heterocycles. The molecular formula is C22H23FN6O3S2. The number of ether oxygens (including phenoxy) is 1. The zero-order chi connectivity index (χ0) is 24.0. The zero-order valence-electron chi connectivity index (χ0n) is 18.8. The zero-order valence-corrected chi connectivity index (χ0v) is 20.4. The van der Waals surface area contributed by atoms with Crippen LogP contribution in [-0.2, 0) is 7.05 Å². The Kier molecular flexibility index (Phi) is 6.04. The number of nitrogens with zero attached hydrogens (tertiary/aromatic N) is 4. The van der Waals surface area contributed by atoms with Crippen LogP contribution < -0.4 is 14.8 Å². The summed E-state index contributed by atoms with van der Waals surface area (Å²) in [6.45, 7) is 4.88. The van der Waals surface area contributed by atoms with Crippen molar-refractivity contribution in [1.29, 1.82) is 0 Å². The van der Waals surface area contributed by atoms with Crippen molar-refractivity contribution in [3.8, 4) is 5.75 Å². The van der Waals surface area contributed by atoms with E-state index in [1.165, 1.54) is 35.4 Å². The molecule has 0 bridgehead atoms. The molecule has 0 saturated carbocycles. The van der Waals surface area contributed by atoms with E-state index in [0.717, 1.165) is 9.90 Å². The lowest BCUT2D eigenvalue weighted by atomic mass is 10.1. The minimum Gasteiger partial charge on any atom is -0.489 e. The third-order valence-corrected chi connectivity index (χ3v) is 7.69. The molecule has 1 fully saturated rings. The molecule has 0 radical (unpaired) electrons. The third kappa shape index (κ3) is 4.28. The van der Waals surface area contributed by atoms with Crippen molar-refractivity contribution in [3.05, 3.63) is 51.5 Å². The predicted octanol–water partition coefficient (Wildman–Crippen LogP) is 3.01. The monoisotopic (exact) mass is 502 g/mol. The van der Waals surface area contributed by atoms with Gasteiger partial charge >= 0.3 is 0 Å². The van der Waals surface area contributed by atoms with E-state index in [1.54, 1.807) is 29.5 Å². The molecule has 3 aromatic rings. The van der Waals surface area contributed by atoms with Gasteiger partial charge in [0.05, 0.1) is 11.5 Å². The number of hydrogen-bond donors (Lipinski definition) is 2. The third-order valence-electron chi connectivity index (χ3n) is 5.93. The summed E-state index contributed by atoms with van der Waals surface area (Å²) in [5.41, 5.74) is 1.33. The molecule has 2 N–H and O–H groups in total. The fourth-order valence-corrected chi connectivity index (χ4v) is 5.82. The highest BCUT2D eigenvalue weighted by Gasteiger charge is 2.39. The Balaban J connectivity index is 1.32. The highest BCUT2D eigenvalue weighted by Crippen LogP contribution is 2.37. The lowest BCUT2D eigenvalue weighted by Crippen LogP contribution is -2.36. The van der Waals surface area contributed by atoms with Gasteiger partial charge in [-0.2, -0.15) is 0 Å². The number of likely N-dealkylation sites (tertiary alicyclic amines) is 1. The van der Waals surface area contributed by atoms with E-state index in [0.29, 0.717) is 47.4 Å². The van der Waals surface area contributed by atoms with Crippen LogP contribution in [0.15, 0.2) is 29.3 Å². The number of halogens is 1. The molecule has 2 aliphatic heterocycles. The number of nitrogens with one attached hydrogen (secondary N) is 2. The molecule has 2 aliphatic rings. The molecule has 0 aliphatic carbocycles. The van der Waals surface area contributed by atoms with Crippen molar-refractivity contribution in [2.75, 3.05) is 25.0 Å². The summed E-state index contributed by atoms with van der Waals surface area (Å²) in [5, 5.41) is 11.9. The summed E-state index contributed by atoms with van der Waals surface area (Å²) < 4.78 is 24.9. The Labute approximate surface area is 203 Å². The van der Waals surface area contributed by atoms with Gasteiger partial charge in [0.1, 0.15) is 10.8 Å². The summed E-state index contributed by atoms with van der Waals surface area (Å²) in [4.78, 5) is 28.5. The van der Waals surface area contributed by atoms with Crippen LogP contribution >= 0.6 is 23.3 Å². The van der Waals surface area contributed by atoms with Gasteiger partial charge in [0.2, 0.25) is 5.01 Å². The highest BCUT2D eigenvalue weighted by atomic mass is 32.2. The van der Waals surface area contributed by atoms with Crippen LogP contribution in [0.25, 0.3) is 0 Å². The number of hydrogen-bond acceptors (Lipinski definition) is 8. The Morgan fingerprint density at radius 2 is 2.09 bits per heavy atom. The van der Waals surface area contributed by atoms with Gasteiger partial charge in [-0.05, 0) is 49.6 Å². The normalized spacial score (nSPS) is 19.6. The van der Waals surface area contributed by atoms with Crippen molar-refractivity contribution in [3.63, 3.8) is 0 Å². The number of aromatic nitrogens is 3. The van der Waals surface area contributed by atoms with Crippen LogP contribution in [0.2, 0.25) is 0 Å². The maximum absolute atomic E-state index is 13.6. The number of rotatable bonds is 3. The van der Waals surface area contributed by atoms with Gasteiger partial charge in [-0.15, -0.1) is 10.2 Å². The van der Waals surface area contributed by atoms with Crippen molar-refractivity contribution in [2.24, 2.45) is 13.0 Å². The quantitative estimate of drug-likeness (QED) is 0.531. The number of aryl methyl sites for hydroxylation is 3. The van der Waals surface area contributed by atoms with Crippen LogP contribution in [0.3, 0.4) is 0 Å². The first kappa shape index (κ1) is 22.8. The first-order valence-electron chi connectivity index (χ1n) is 10.7. The number of benzene rings is 1. The Morgan fingerprint density at radius 1 is 1.26 bits per heavy atom. The summed E-state index contributed by atoms with van der Waals surface area (Å²) in [6, 6.07) is 4.48. The van der Waals surface area contributed by atoms with Gasteiger partial charge in [-0.1, -0.05) is 11.3 Å². The Hall–Kier alpha value is -2.96. The van der Waals surface area contributed by atoms with Crippen LogP contribution in [0.1, 0.15) is 30.9 Å². The molecule has 5 rings (SSSR count). The molecule has 178 valence electrons. The summed E-state index contributed by atoms with van der Waals surface area (Å²) in [6.07, 6.45) is 1.83. The van der Waals surface area contributed by atoms with Gasteiger partial charge in [0, 0.05) is 44.0 Å². The van der Waals surface area contributed by atoms with E-state index in [2.05, 4.69) is 20.2 Å². The van der Waals surface area contributed by atoms with Crippen molar-refractivity contribution >= 4 is 40.8 Å². The van der Waals surface area contributed by atoms with E-state index in [4.69, 9.17) is 4.74 Å². The average molecular weight is 503 g/mol. The van der Waals surface area contributed by atoms with Gasteiger partial charge in [-0.25, -0.2) is 4.39 Å². The van der Waals surface area contributed by atoms with Crippen LogP contribution in [0, 0.1) is 25.6 Å². The van der Waals surface area contributed by atoms with Crippen LogP contribution in [-0.4, -0.2) is 57.2 Å². The summed E-state index contributed by atoms with van der Waals surface area (Å²) in [5.74, 6) is -0.263. The molecule has 2 amide bonds. The first-order valence-corrected chi connectivity index (χ1v) is 12.3. The van der Waals surface area contributed by atoms with Crippen LogP contribution in [0.4, 0.5) is 10.1 Å². The first-order chi connectivity index (χ1) is 16.3. The standard InChI is InChI=1S/C22H23FN6O3S2/c1-11-6-14(4-5-15(11)23)24-20(30)18-19-17(9-28(18)3)34-27-16-8-29(7-13(16)10-32-19)22(31)21-26-25-12(2)33-21/h4-6,9,13,16,27H,7-8,10H2,1-3H3,(H,24,30)/t13-,16-/m0/s1. The molecule has 34 heavy (non-hydrogen) atoms. The number of fused-ring (bicyclic) bond motifs is 2. The largest absolute Gasteiger partial charge is 0.489 e. The van der Waals surface area contributed by atoms with E-state index in [-0.39, 0.29) is 29.6 Å². The second kappa shape index (κ2) is 9.01. The Morgan fingerprint density at radius 3 is 2.82 bits per heavy atom. The molecule has 1 saturated heterocycles. The summed E-state index contributed by atoms with van der Waals surface area (Å²) >= 11 is 2.67. The maximum Gasteiger partial charge on any atom is 0.284 e. The number of anilines is 1. The van der Waals surface area contributed by atoms with E-state index in [9.17, 15) is 14.0 Å². The second-order valence-electron chi connectivity index (χ2n) is 8.43. The summed E-state index contributed by atoms with van der Waals surface area (Å²) in [7, 11) is 1.78. The van der Waals surface area contributed by atoms with Gasteiger partial charge in [-0.3, -0.25) is 14.3 Å². The molecule has 0 unspecified atom stereocenters. The lowest BCUT2D eigenvalue weighted by Gasteiger charge is -2.23. The lowest BCUT2D eigenvalue weighted by molar-refractivity contribution is 0.0781. The Bertz CT molecular complexity index is 1280. The average Bonchev–Trinajstić information content (AvgIpc) is 3.48. The molecule has 4 heterocycles. The molecule has 12 heteroatoms. The number of amides is 2. The minimum atomic E-state index is -0.345. The SMILES string of the molecule is Cc1nnc(C(=O)N2C[C@H]3COc4c(cn(C)c4C(=O)Nc4ccc(F)c(C)c4)SN[C@H]3C2)s1. The van der Waals surface area contributed by atoms with Gasteiger partial charge in [0.25, 0.3) is 11.8 Å². The molecule has 1 aromatic carbocycles. The minimum absolute atomic E-state index is 0.0378.